The van der Waals surface area contributed by atoms with Crippen LogP contribution in [0.25, 0.3) is 0 Å². The van der Waals surface area contributed by atoms with Crippen LogP contribution in [0.1, 0.15) is 18.1 Å². The number of hydrogen-bond acceptors (Lipinski definition) is 2. The maximum atomic E-state index is 6.09. The minimum absolute atomic E-state index is 0.435. The molecule has 0 aliphatic rings. The number of hydrogen-bond donors (Lipinski definition) is 1. The molecule has 0 bridgehead atoms. The lowest BCUT2D eigenvalue weighted by Gasteiger charge is -2.09. The predicted molar refractivity (Wildman–Crippen MR) is 75.2 cm³/mol. The van der Waals surface area contributed by atoms with Crippen LogP contribution in [0.15, 0.2) is 42.5 Å². The molecule has 0 aromatic heterocycles. The third kappa shape index (κ3) is 3.03. The topological polar surface area (TPSA) is 35.2 Å². The Balaban J connectivity index is 2.20. The summed E-state index contributed by atoms with van der Waals surface area (Å²) >= 11 is 6.09. The zero-order valence-electron chi connectivity index (χ0n) is 10.3. The minimum atomic E-state index is 0.435. The quantitative estimate of drug-likeness (QED) is 0.897. The largest absolute Gasteiger partial charge is 0.457 e. The third-order valence-electron chi connectivity index (χ3n) is 2.79. The van der Waals surface area contributed by atoms with E-state index in [1.807, 2.05) is 30.3 Å². The van der Waals surface area contributed by atoms with Crippen molar-refractivity contribution in [3.05, 3.63) is 58.6 Å². The molecule has 18 heavy (non-hydrogen) atoms. The van der Waals surface area contributed by atoms with Gasteiger partial charge in [0.2, 0.25) is 0 Å². The summed E-state index contributed by atoms with van der Waals surface area (Å²) in [6.45, 7) is 2.55. The standard InChI is InChI=1S/C15H16ClNO/c1-2-11-4-3-5-13(8-11)18-14-7-6-12(10-17)15(16)9-14/h3-9H,2,10,17H2,1H3. The van der Waals surface area contributed by atoms with E-state index in [4.69, 9.17) is 22.1 Å². The number of halogens is 1. The lowest BCUT2D eigenvalue weighted by atomic mass is 10.1. The monoisotopic (exact) mass is 261 g/mol. The van der Waals surface area contributed by atoms with Gasteiger partial charge in [0.25, 0.3) is 0 Å². The van der Waals surface area contributed by atoms with Crippen LogP contribution in [-0.2, 0) is 13.0 Å². The third-order valence-corrected chi connectivity index (χ3v) is 3.14. The Kier molecular flexibility index (Phi) is 4.24. The number of nitrogens with two attached hydrogens (primary N) is 1. The van der Waals surface area contributed by atoms with E-state index in [1.165, 1.54) is 5.56 Å². The highest BCUT2D eigenvalue weighted by atomic mass is 35.5. The van der Waals surface area contributed by atoms with Crippen LogP contribution in [0.3, 0.4) is 0 Å². The zero-order chi connectivity index (χ0) is 13.0. The highest BCUT2D eigenvalue weighted by molar-refractivity contribution is 6.31. The predicted octanol–water partition coefficient (Wildman–Crippen LogP) is 4.15. The summed E-state index contributed by atoms with van der Waals surface area (Å²) in [5.41, 5.74) is 7.74. The summed E-state index contributed by atoms with van der Waals surface area (Å²) < 4.78 is 5.78. The summed E-state index contributed by atoms with van der Waals surface area (Å²) in [5, 5.41) is 0.640. The van der Waals surface area contributed by atoms with Crippen LogP contribution in [-0.4, -0.2) is 0 Å². The van der Waals surface area contributed by atoms with Crippen molar-refractivity contribution in [2.24, 2.45) is 5.73 Å². The molecule has 2 rings (SSSR count). The summed E-state index contributed by atoms with van der Waals surface area (Å²) in [4.78, 5) is 0. The first kappa shape index (κ1) is 12.9. The molecule has 94 valence electrons. The Morgan fingerprint density at radius 2 is 1.89 bits per heavy atom. The van der Waals surface area contributed by atoms with Crippen LogP contribution in [0.4, 0.5) is 0 Å². The second-order valence-corrected chi connectivity index (χ2v) is 4.47. The minimum Gasteiger partial charge on any atom is -0.457 e. The number of aryl methyl sites for hydroxylation is 1. The maximum absolute atomic E-state index is 6.09. The van der Waals surface area contributed by atoms with Gasteiger partial charge in [0.1, 0.15) is 11.5 Å². The lowest BCUT2D eigenvalue weighted by molar-refractivity contribution is 0.482. The molecular weight excluding hydrogens is 246 g/mol. The van der Waals surface area contributed by atoms with Crippen LogP contribution in [0, 0.1) is 0 Å². The van der Waals surface area contributed by atoms with E-state index in [2.05, 4.69) is 13.0 Å². The van der Waals surface area contributed by atoms with E-state index in [0.717, 1.165) is 23.5 Å². The van der Waals surface area contributed by atoms with E-state index in [0.29, 0.717) is 11.6 Å². The molecule has 0 atom stereocenters. The molecule has 0 fully saturated rings. The molecule has 0 saturated carbocycles. The zero-order valence-corrected chi connectivity index (χ0v) is 11.1. The molecule has 0 aliphatic carbocycles. The average molecular weight is 262 g/mol. The molecule has 0 amide bonds. The molecule has 0 radical (unpaired) electrons. The first-order chi connectivity index (χ1) is 8.72. The van der Waals surface area contributed by atoms with E-state index >= 15 is 0 Å². The summed E-state index contributed by atoms with van der Waals surface area (Å²) in [5.74, 6) is 1.55. The molecule has 2 aromatic rings. The Bertz CT molecular complexity index is 540. The lowest BCUT2D eigenvalue weighted by Crippen LogP contribution is -1.97. The van der Waals surface area contributed by atoms with Gasteiger partial charge in [0.05, 0.1) is 0 Å². The summed E-state index contributed by atoms with van der Waals surface area (Å²) in [6, 6.07) is 13.6. The van der Waals surface area contributed by atoms with Gasteiger partial charge >= 0.3 is 0 Å². The Morgan fingerprint density at radius 1 is 1.11 bits per heavy atom. The Morgan fingerprint density at radius 3 is 2.56 bits per heavy atom. The summed E-state index contributed by atoms with van der Waals surface area (Å²) in [6.07, 6.45) is 0.990. The van der Waals surface area contributed by atoms with Crippen LogP contribution in [0.5, 0.6) is 11.5 Å². The van der Waals surface area contributed by atoms with E-state index < -0.39 is 0 Å². The van der Waals surface area contributed by atoms with Gasteiger partial charge in [0, 0.05) is 11.6 Å². The number of ether oxygens (including phenoxy) is 1. The van der Waals surface area contributed by atoms with E-state index in [1.54, 1.807) is 6.07 Å². The van der Waals surface area contributed by atoms with Gasteiger partial charge in [-0.2, -0.15) is 0 Å². The number of rotatable bonds is 4. The molecule has 0 saturated heterocycles. The second-order valence-electron chi connectivity index (χ2n) is 4.06. The van der Waals surface area contributed by atoms with Crippen molar-refractivity contribution in [1.29, 1.82) is 0 Å². The van der Waals surface area contributed by atoms with Crippen molar-refractivity contribution in [2.45, 2.75) is 19.9 Å². The molecule has 0 aliphatic heterocycles. The Hall–Kier alpha value is -1.51. The fourth-order valence-corrected chi connectivity index (χ4v) is 1.97. The van der Waals surface area contributed by atoms with Gasteiger partial charge in [-0.25, -0.2) is 0 Å². The SMILES string of the molecule is CCc1cccc(Oc2ccc(CN)c(Cl)c2)c1. The van der Waals surface area contributed by atoms with Gasteiger partial charge in [-0.1, -0.05) is 36.7 Å². The first-order valence-corrected chi connectivity index (χ1v) is 6.36. The molecule has 2 N–H and O–H groups in total. The van der Waals surface area contributed by atoms with Gasteiger partial charge in [-0.15, -0.1) is 0 Å². The molecule has 0 heterocycles. The molecular formula is C15H16ClNO. The Labute approximate surface area is 112 Å². The normalized spacial score (nSPS) is 10.4. The maximum Gasteiger partial charge on any atom is 0.128 e. The highest BCUT2D eigenvalue weighted by Crippen LogP contribution is 2.27. The number of benzene rings is 2. The first-order valence-electron chi connectivity index (χ1n) is 5.98. The molecule has 3 heteroatoms. The molecule has 0 unspecified atom stereocenters. The smallest absolute Gasteiger partial charge is 0.128 e. The van der Waals surface area contributed by atoms with Gasteiger partial charge in [-0.05, 0) is 41.8 Å². The van der Waals surface area contributed by atoms with Crippen LogP contribution < -0.4 is 10.5 Å². The van der Waals surface area contributed by atoms with E-state index in [-0.39, 0.29) is 0 Å². The molecule has 2 nitrogen and oxygen atoms in total. The molecule has 2 aromatic carbocycles. The van der Waals surface area contributed by atoms with Crippen molar-refractivity contribution in [1.82, 2.24) is 0 Å². The van der Waals surface area contributed by atoms with Gasteiger partial charge < -0.3 is 10.5 Å². The van der Waals surface area contributed by atoms with Gasteiger partial charge in [-0.3, -0.25) is 0 Å². The fourth-order valence-electron chi connectivity index (χ4n) is 1.72. The fraction of sp³-hybridized carbons (Fsp3) is 0.200. The van der Waals surface area contributed by atoms with Crippen molar-refractivity contribution < 1.29 is 4.74 Å². The van der Waals surface area contributed by atoms with Crippen LogP contribution >= 0.6 is 11.6 Å². The van der Waals surface area contributed by atoms with Crippen molar-refractivity contribution in [3.8, 4) is 11.5 Å². The van der Waals surface area contributed by atoms with Crippen molar-refractivity contribution >= 4 is 11.6 Å². The van der Waals surface area contributed by atoms with Crippen molar-refractivity contribution in [2.75, 3.05) is 0 Å². The van der Waals surface area contributed by atoms with Gasteiger partial charge in [0.15, 0.2) is 0 Å². The average Bonchev–Trinajstić information content (AvgIpc) is 2.39. The van der Waals surface area contributed by atoms with Crippen molar-refractivity contribution in [3.63, 3.8) is 0 Å². The van der Waals surface area contributed by atoms with E-state index in [9.17, 15) is 0 Å². The summed E-state index contributed by atoms with van der Waals surface area (Å²) in [7, 11) is 0. The van der Waals surface area contributed by atoms with Crippen LogP contribution in [0.2, 0.25) is 5.02 Å². The molecule has 0 spiro atoms. The second kappa shape index (κ2) is 5.89. The highest BCUT2D eigenvalue weighted by Gasteiger charge is 2.03.